The summed E-state index contributed by atoms with van der Waals surface area (Å²) in [5.74, 6) is -0.441. The molecule has 24 heavy (non-hydrogen) atoms. The Morgan fingerprint density at radius 3 is 2.04 bits per heavy atom. The van der Waals surface area contributed by atoms with Gasteiger partial charge in [-0.1, -0.05) is 0 Å². The molecule has 0 spiro atoms. The number of methoxy groups -OCH3 is 3. The second-order valence-electron chi connectivity index (χ2n) is 5.38. The molecule has 3 rings (SSSR count). The molecule has 1 aliphatic carbocycles. The number of carbonyl (C=O) groups excluding carboxylic acids is 2. The molecule has 0 radical (unpaired) electrons. The Bertz CT molecular complexity index is 882. The summed E-state index contributed by atoms with van der Waals surface area (Å²) in [6.45, 7) is 1.64. The molecule has 1 aliphatic rings. The fraction of sp³-hybridized carbons (Fsp3) is 0.222. The highest BCUT2D eigenvalue weighted by Crippen LogP contribution is 2.45. The van der Waals surface area contributed by atoms with Crippen molar-refractivity contribution in [2.45, 2.75) is 6.92 Å². The van der Waals surface area contributed by atoms with Crippen LogP contribution in [-0.4, -0.2) is 38.0 Å². The third kappa shape index (κ3) is 1.96. The molecule has 124 valence electrons. The van der Waals surface area contributed by atoms with Crippen LogP contribution in [0.25, 0.3) is 0 Å². The molecule has 0 aliphatic heterocycles. The van der Waals surface area contributed by atoms with Crippen LogP contribution in [0.5, 0.6) is 23.0 Å². The first-order valence-corrected chi connectivity index (χ1v) is 7.21. The van der Waals surface area contributed by atoms with Crippen LogP contribution in [-0.2, 0) is 0 Å². The maximum atomic E-state index is 13.1. The van der Waals surface area contributed by atoms with Crippen LogP contribution < -0.4 is 14.2 Å². The molecular weight excluding hydrogens is 312 g/mol. The Labute approximate surface area is 138 Å². The van der Waals surface area contributed by atoms with Crippen molar-refractivity contribution < 1.29 is 28.9 Å². The highest BCUT2D eigenvalue weighted by atomic mass is 16.5. The van der Waals surface area contributed by atoms with Gasteiger partial charge in [-0.25, -0.2) is 0 Å². The number of phenolic OH excluding ortho intramolecular Hbond substituents is 1. The van der Waals surface area contributed by atoms with E-state index in [9.17, 15) is 14.7 Å². The van der Waals surface area contributed by atoms with Gasteiger partial charge in [-0.15, -0.1) is 0 Å². The van der Waals surface area contributed by atoms with Gasteiger partial charge < -0.3 is 19.3 Å². The monoisotopic (exact) mass is 328 g/mol. The molecule has 0 heterocycles. The van der Waals surface area contributed by atoms with Gasteiger partial charge in [0.2, 0.25) is 5.78 Å². The molecule has 2 aromatic rings. The minimum absolute atomic E-state index is 0.0149. The smallest absolute Gasteiger partial charge is 0.202 e. The molecule has 0 saturated heterocycles. The van der Waals surface area contributed by atoms with Crippen molar-refractivity contribution >= 4 is 11.6 Å². The third-order valence-electron chi connectivity index (χ3n) is 4.14. The molecule has 0 saturated carbocycles. The number of phenols is 1. The normalized spacial score (nSPS) is 12.5. The van der Waals surface area contributed by atoms with Gasteiger partial charge in [0.15, 0.2) is 28.8 Å². The number of aryl methyl sites for hydroxylation is 1. The molecular formula is C18H16O6. The van der Waals surface area contributed by atoms with Gasteiger partial charge in [-0.3, -0.25) is 9.59 Å². The first-order valence-electron chi connectivity index (χ1n) is 7.21. The standard InChI is InChI=1S/C18H16O6/c1-8-7-10-13(18(24-4)14(8)19)16(21)12-9(15(10)20)5-6-11(22-2)17(12)23-3/h5-7,19H,1-4H3. The van der Waals surface area contributed by atoms with Crippen molar-refractivity contribution in [3.05, 3.63) is 46.0 Å². The average molecular weight is 328 g/mol. The van der Waals surface area contributed by atoms with E-state index < -0.39 is 5.78 Å². The number of benzene rings is 2. The fourth-order valence-electron chi connectivity index (χ4n) is 2.99. The summed E-state index contributed by atoms with van der Waals surface area (Å²) in [6.07, 6.45) is 0. The SMILES string of the molecule is COc1ccc2c(c1OC)C(=O)c1c(cc(C)c(O)c1OC)C2=O. The minimum atomic E-state index is -0.456. The number of aromatic hydroxyl groups is 1. The van der Waals surface area contributed by atoms with Gasteiger partial charge in [-0.2, -0.15) is 0 Å². The summed E-state index contributed by atoms with van der Waals surface area (Å²) in [5, 5.41) is 10.2. The second kappa shape index (κ2) is 5.56. The van der Waals surface area contributed by atoms with Crippen molar-refractivity contribution in [3.8, 4) is 23.0 Å². The van der Waals surface area contributed by atoms with E-state index >= 15 is 0 Å². The van der Waals surface area contributed by atoms with Crippen molar-refractivity contribution in [2.75, 3.05) is 21.3 Å². The zero-order valence-corrected chi connectivity index (χ0v) is 13.7. The van der Waals surface area contributed by atoms with E-state index in [2.05, 4.69) is 0 Å². The molecule has 0 bridgehead atoms. The van der Waals surface area contributed by atoms with Gasteiger partial charge in [0.1, 0.15) is 0 Å². The number of rotatable bonds is 3. The summed E-state index contributed by atoms with van der Waals surface area (Å²) in [7, 11) is 4.18. The molecule has 0 amide bonds. The Kier molecular flexibility index (Phi) is 3.67. The van der Waals surface area contributed by atoms with Crippen LogP contribution >= 0.6 is 0 Å². The van der Waals surface area contributed by atoms with Crippen molar-refractivity contribution in [2.24, 2.45) is 0 Å². The molecule has 0 unspecified atom stereocenters. The maximum absolute atomic E-state index is 13.1. The molecule has 6 heteroatoms. The summed E-state index contributed by atoms with van der Waals surface area (Å²) in [6, 6.07) is 4.61. The first-order chi connectivity index (χ1) is 11.5. The number of ketones is 2. The zero-order chi connectivity index (χ0) is 17.6. The Balaban J connectivity index is 2.39. The van der Waals surface area contributed by atoms with Crippen LogP contribution in [0.1, 0.15) is 37.4 Å². The minimum Gasteiger partial charge on any atom is -0.504 e. The Morgan fingerprint density at radius 2 is 1.46 bits per heavy atom. The largest absolute Gasteiger partial charge is 0.504 e. The van der Waals surface area contributed by atoms with Gasteiger partial charge >= 0.3 is 0 Å². The van der Waals surface area contributed by atoms with E-state index in [0.29, 0.717) is 11.3 Å². The third-order valence-corrected chi connectivity index (χ3v) is 4.14. The van der Waals surface area contributed by atoms with E-state index in [1.807, 2.05) is 0 Å². The lowest BCUT2D eigenvalue weighted by Gasteiger charge is -2.23. The Hall–Kier alpha value is -3.02. The van der Waals surface area contributed by atoms with E-state index in [1.165, 1.54) is 33.5 Å². The van der Waals surface area contributed by atoms with Crippen molar-refractivity contribution in [1.29, 1.82) is 0 Å². The lowest BCUT2D eigenvalue weighted by Crippen LogP contribution is -2.23. The zero-order valence-electron chi connectivity index (χ0n) is 13.7. The van der Waals surface area contributed by atoms with E-state index in [4.69, 9.17) is 14.2 Å². The van der Waals surface area contributed by atoms with E-state index in [1.54, 1.807) is 13.0 Å². The van der Waals surface area contributed by atoms with Crippen LogP contribution in [0.2, 0.25) is 0 Å². The van der Waals surface area contributed by atoms with Gasteiger partial charge in [0, 0.05) is 11.1 Å². The second-order valence-corrected chi connectivity index (χ2v) is 5.38. The molecule has 6 nitrogen and oxygen atoms in total. The van der Waals surface area contributed by atoms with Crippen LogP contribution in [0.4, 0.5) is 0 Å². The summed E-state index contributed by atoms with van der Waals surface area (Å²) < 4.78 is 15.7. The molecule has 1 N–H and O–H groups in total. The first kappa shape index (κ1) is 15.9. The topological polar surface area (TPSA) is 82.1 Å². The lowest BCUT2D eigenvalue weighted by atomic mass is 9.82. The number of fused-ring (bicyclic) bond motifs is 2. The average Bonchev–Trinajstić information content (AvgIpc) is 2.59. The predicted octanol–water partition coefficient (Wildman–Crippen LogP) is 2.50. The molecule has 0 atom stereocenters. The number of carbonyl (C=O) groups is 2. The van der Waals surface area contributed by atoms with Crippen LogP contribution in [0.3, 0.4) is 0 Å². The predicted molar refractivity (Wildman–Crippen MR) is 85.8 cm³/mol. The van der Waals surface area contributed by atoms with Crippen LogP contribution in [0, 0.1) is 6.92 Å². The summed E-state index contributed by atoms with van der Waals surface area (Å²) in [5.41, 5.74) is 1.03. The van der Waals surface area contributed by atoms with Crippen molar-refractivity contribution in [3.63, 3.8) is 0 Å². The van der Waals surface area contributed by atoms with Gasteiger partial charge in [-0.05, 0) is 30.7 Å². The van der Waals surface area contributed by atoms with Gasteiger partial charge in [0.05, 0.1) is 32.5 Å². The van der Waals surface area contributed by atoms with Gasteiger partial charge in [0.25, 0.3) is 0 Å². The fourth-order valence-corrected chi connectivity index (χ4v) is 2.99. The molecule has 0 aromatic heterocycles. The maximum Gasteiger partial charge on any atom is 0.202 e. The highest BCUT2D eigenvalue weighted by molar-refractivity contribution is 6.30. The molecule has 2 aromatic carbocycles. The van der Waals surface area contributed by atoms with Crippen LogP contribution in [0.15, 0.2) is 18.2 Å². The number of hydrogen-bond acceptors (Lipinski definition) is 6. The van der Waals surface area contributed by atoms with E-state index in [0.717, 1.165) is 0 Å². The Morgan fingerprint density at radius 1 is 0.833 bits per heavy atom. The number of hydrogen-bond donors (Lipinski definition) is 1. The van der Waals surface area contributed by atoms with Crippen molar-refractivity contribution in [1.82, 2.24) is 0 Å². The summed E-state index contributed by atoms with van der Waals surface area (Å²) >= 11 is 0. The van der Waals surface area contributed by atoms with E-state index in [-0.39, 0.29) is 45.3 Å². The summed E-state index contributed by atoms with van der Waals surface area (Å²) in [4.78, 5) is 25.9. The molecule has 0 fully saturated rings. The highest BCUT2D eigenvalue weighted by Gasteiger charge is 2.37. The lowest BCUT2D eigenvalue weighted by molar-refractivity contribution is 0.0972. The number of ether oxygens (including phenoxy) is 3. The quantitative estimate of drug-likeness (QED) is 0.795.